The summed E-state index contributed by atoms with van der Waals surface area (Å²) in [6.45, 7) is 9.54. The van der Waals surface area contributed by atoms with Gasteiger partial charge in [0, 0.05) is 19.7 Å². The monoisotopic (exact) mass is 497 g/mol. The van der Waals surface area contributed by atoms with E-state index >= 15 is 0 Å². The summed E-state index contributed by atoms with van der Waals surface area (Å²) >= 11 is 0. The molecule has 0 aliphatic rings. The van der Waals surface area contributed by atoms with E-state index in [0.29, 0.717) is 31.6 Å². The van der Waals surface area contributed by atoms with Crippen LogP contribution in [0.4, 0.5) is 0 Å². The van der Waals surface area contributed by atoms with E-state index in [4.69, 9.17) is 21.5 Å². The zero-order valence-corrected chi connectivity index (χ0v) is 20.8. The number of aliphatic hydroxyl groups is 1. The van der Waals surface area contributed by atoms with Crippen molar-refractivity contribution < 1.29 is 24.2 Å². The molecule has 35 heavy (non-hydrogen) atoms. The number of hydrogen-bond acceptors (Lipinski definition) is 8. The normalized spacial score (nSPS) is 12.8. The molecular formula is C24H39N3O8. The predicted molar refractivity (Wildman–Crippen MR) is 129 cm³/mol. The zero-order chi connectivity index (χ0) is 26.2. The van der Waals surface area contributed by atoms with Crippen LogP contribution in [0.1, 0.15) is 71.6 Å². The van der Waals surface area contributed by atoms with Gasteiger partial charge in [0.1, 0.15) is 0 Å². The van der Waals surface area contributed by atoms with E-state index in [0.717, 1.165) is 28.4 Å². The topological polar surface area (TPSA) is 150 Å². The number of unbranched alkanes of at least 4 members (excludes halogenated alkanes) is 1. The molecule has 2 radical (unpaired) electrons. The van der Waals surface area contributed by atoms with E-state index in [1.807, 2.05) is 18.8 Å². The van der Waals surface area contributed by atoms with Gasteiger partial charge in [0.05, 0.1) is 26.1 Å². The van der Waals surface area contributed by atoms with Crippen molar-refractivity contribution in [1.82, 2.24) is 14.1 Å². The summed E-state index contributed by atoms with van der Waals surface area (Å²) in [5.41, 5.74) is -2.78. The largest absolute Gasteiger partial charge is 0.466 e. The Labute approximate surface area is 205 Å². The van der Waals surface area contributed by atoms with Gasteiger partial charge in [0.25, 0.3) is 0 Å². The summed E-state index contributed by atoms with van der Waals surface area (Å²) in [6, 6.07) is 0. The zero-order valence-electron chi connectivity index (χ0n) is 20.8. The number of aliphatic hydroxyl groups excluding tert-OH is 1. The van der Waals surface area contributed by atoms with Gasteiger partial charge in [-0.25, -0.2) is 23.5 Å². The Bertz CT molecular complexity index is 878. The van der Waals surface area contributed by atoms with Crippen LogP contribution in [0.5, 0.6) is 0 Å². The SMILES string of the molecule is [CH]CCCC(C)CCOC(=O)CCn1c(=O)[nH]c(=O)n(CCC(=O)OCCC(C)CCCO)c1=O. The van der Waals surface area contributed by atoms with Crippen LogP contribution in [0.25, 0.3) is 0 Å². The maximum absolute atomic E-state index is 12.6. The van der Waals surface area contributed by atoms with Crippen LogP contribution in [-0.2, 0) is 32.2 Å². The Balaban J connectivity index is 2.56. The summed E-state index contributed by atoms with van der Waals surface area (Å²) < 4.78 is 11.8. The second-order valence-corrected chi connectivity index (χ2v) is 8.85. The Hall–Kier alpha value is -2.69. The van der Waals surface area contributed by atoms with Crippen molar-refractivity contribution >= 4 is 11.9 Å². The molecule has 1 aromatic heterocycles. The maximum Gasteiger partial charge on any atom is 0.336 e. The fourth-order valence-electron chi connectivity index (χ4n) is 3.43. The van der Waals surface area contributed by atoms with Gasteiger partial charge in [-0.3, -0.25) is 14.6 Å². The molecule has 2 N–H and O–H groups in total. The number of H-pyrrole nitrogens is 1. The molecule has 11 nitrogen and oxygen atoms in total. The first-order valence-corrected chi connectivity index (χ1v) is 12.3. The molecule has 0 aliphatic carbocycles. The summed E-state index contributed by atoms with van der Waals surface area (Å²) in [5.74, 6) is -0.485. The molecule has 198 valence electrons. The lowest BCUT2D eigenvalue weighted by atomic mass is 10.0. The summed E-state index contributed by atoms with van der Waals surface area (Å²) in [4.78, 5) is 62.8. The second kappa shape index (κ2) is 16.9. The minimum absolute atomic E-state index is 0.117. The van der Waals surface area contributed by atoms with Gasteiger partial charge in [0.2, 0.25) is 0 Å². The lowest BCUT2D eigenvalue weighted by molar-refractivity contribution is -0.145. The molecule has 0 bridgehead atoms. The number of rotatable bonds is 18. The third-order valence-electron chi connectivity index (χ3n) is 5.75. The standard InChI is InChI=1S/C24H39N3O8/c1-4-5-7-18(2)11-16-34-20(29)9-13-26-22(31)25-23(32)27(24(26)33)14-10-21(30)35-17-12-19(3)8-6-15-28/h1,18-19,28H,4-17H2,2-3H3,(H,25,31,32). The smallest absolute Gasteiger partial charge is 0.336 e. The fourth-order valence-corrected chi connectivity index (χ4v) is 3.43. The van der Waals surface area contributed by atoms with Crippen molar-refractivity contribution in [3.63, 3.8) is 0 Å². The molecule has 0 saturated carbocycles. The van der Waals surface area contributed by atoms with E-state index in [9.17, 15) is 24.0 Å². The maximum atomic E-state index is 12.6. The number of aromatic amines is 1. The van der Waals surface area contributed by atoms with Crippen LogP contribution in [0.3, 0.4) is 0 Å². The van der Waals surface area contributed by atoms with Crippen molar-refractivity contribution in [1.29, 1.82) is 0 Å². The van der Waals surface area contributed by atoms with Crippen molar-refractivity contribution in [3.8, 4) is 0 Å². The first-order chi connectivity index (χ1) is 16.7. The third kappa shape index (κ3) is 12.0. The molecule has 0 aliphatic heterocycles. The molecule has 0 aromatic carbocycles. The van der Waals surface area contributed by atoms with Gasteiger partial charge in [-0.2, -0.15) is 0 Å². The van der Waals surface area contributed by atoms with Gasteiger partial charge in [0.15, 0.2) is 0 Å². The summed E-state index contributed by atoms with van der Waals surface area (Å²) in [6.07, 6.45) is 4.85. The molecule has 0 amide bonds. The Kier molecular flexibility index (Phi) is 14.6. The molecule has 1 rings (SSSR count). The Morgan fingerprint density at radius 2 is 1.31 bits per heavy atom. The van der Waals surface area contributed by atoms with Gasteiger partial charge in [-0.1, -0.05) is 26.7 Å². The first kappa shape index (κ1) is 30.3. The van der Waals surface area contributed by atoms with Crippen molar-refractivity contribution in [2.75, 3.05) is 19.8 Å². The van der Waals surface area contributed by atoms with E-state index < -0.39 is 29.0 Å². The van der Waals surface area contributed by atoms with E-state index in [2.05, 4.69) is 0 Å². The number of nitrogens with zero attached hydrogens (tertiary/aromatic N) is 2. The highest BCUT2D eigenvalue weighted by molar-refractivity contribution is 5.69. The minimum atomic E-state index is -0.935. The predicted octanol–water partition coefficient (Wildman–Crippen LogP) is 1.27. The number of nitrogens with one attached hydrogen (secondary N) is 1. The fraction of sp³-hybridized carbons (Fsp3) is 0.750. The van der Waals surface area contributed by atoms with E-state index in [-0.39, 0.29) is 51.7 Å². The van der Waals surface area contributed by atoms with Gasteiger partial charge in [-0.05, 0) is 50.9 Å². The Morgan fingerprint density at radius 3 is 1.74 bits per heavy atom. The van der Waals surface area contributed by atoms with Crippen LogP contribution in [0.2, 0.25) is 0 Å². The number of aromatic nitrogens is 3. The summed E-state index contributed by atoms with van der Waals surface area (Å²) in [5, 5.41) is 8.84. The van der Waals surface area contributed by atoms with Crippen LogP contribution < -0.4 is 17.1 Å². The van der Waals surface area contributed by atoms with Crippen LogP contribution in [-0.4, -0.2) is 51.0 Å². The van der Waals surface area contributed by atoms with E-state index in [1.165, 1.54) is 0 Å². The minimum Gasteiger partial charge on any atom is -0.466 e. The average molecular weight is 498 g/mol. The second-order valence-electron chi connectivity index (χ2n) is 8.85. The van der Waals surface area contributed by atoms with Gasteiger partial charge in [-0.15, -0.1) is 0 Å². The van der Waals surface area contributed by atoms with Crippen LogP contribution in [0, 0.1) is 18.8 Å². The third-order valence-corrected chi connectivity index (χ3v) is 5.75. The first-order valence-electron chi connectivity index (χ1n) is 12.3. The van der Waals surface area contributed by atoms with Crippen LogP contribution >= 0.6 is 0 Å². The number of hydrogen-bond donors (Lipinski definition) is 2. The highest BCUT2D eigenvalue weighted by Crippen LogP contribution is 2.12. The number of ether oxygens (including phenoxy) is 2. The number of carbonyl (C=O) groups excluding carboxylic acids is 2. The molecule has 1 heterocycles. The lowest BCUT2D eigenvalue weighted by Gasteiger charge is -2.12. The molecule has 0 spiro atoms. The Morgan fingerprint density at radius 1 is 0.857 bits per heavy atom. The number of carbonyl (C=O) groups is 2. The quantitative estimate of drug-likeness (QED) is 0.288. The van der Waals surface area contributed by atoms with Gasteiger partial charge < -0.3 is 14.6 Å². The molecule has 2 atom stereocenters. The highest BCUT2D eigenvalue weighted by atomic mass is 16.5. The van der Waals surface area contributed by atoms with Crippen molar-refractivity contribution in [3.05, 3.63) is 38.4 Å². The molecule has 0 fully saturated rings. The van der Waals surface area contributed by atoms with E-state index in [1.54, 1.807) is 0 Å². The van der Waals surface area contributed by atoms with Crippen LogP contribution in [0.15, 0.2) is 14.4 Å². The molecular weight excluding hydrogens is 458 g/mol. The molecule has 0 saturated heterocycles. The van der Waals surface area contributed by atoms with Crippen molar-refractivity contribution in [2.24, 2.45) is 11.8 Å². The molecule has 11 heteroatoms. The van der Waals surface area contributed by atoms with Crippen molar-refractivity contribution in [2.45, 2.75) is 84.7 Å². The molecule has 1 aromatic rings. The average Bonchev–Trinajstić information content (AvgIpc) is 2.80. The number of esters is 2. The summed E-state index contributed by atoms with van der Waals surface area (Å²) in [7, 11) is 0. The molecule has 2 unspecified atom stereocenters. The lowest BCUT2D eigenvalue weighted by Crippen LogP contribution is -2.49. The highest BCUT2D eigenvalue weighted by Gasteiger charge is 2.14. The van der Waals surface area contributed by atoms with Gasteiger partial charge >= 0.3 is 29.0 Å².